The predicted molar refractivity (Wildman–Crippen MR) is 68.0 cm³/mol. The molecule has 1 aromatic carbocycles. The first-order valence-corrected chi connectivity index (χ1v) is 6.45. The smallest absolute Gasteiger partial charge is 0.319 e. The van der Waals surface area contributed by atoms with Crippen molar-refractivity contribution in [3.8, 4) is 0 Å². The maximum atomic E-state index is 12.9. The Balaban J connectivity index is 2.30. The molecular weight excluding hydrogens is 247 g/mol. The highest BCUT2D eigenvalue weighted by atomic mass is 19.1. The Hall–Kier alpha value is -1.71. The highest BCUT2D eigenvalue weighted by molar-refractivity contribution is 6.04. The number of carbonyl (C=O) groups is 2. The fraction of sp³-hybridized carbons (Fsp3) is 0.467. The number of rotatable bonds is 3. The molecular formula is C15H17FO3. The van der Waals surface area contributed by atoms with E-state index in [2.05, 4.69) is 0 Å². The first-order valence-electron chi connectivity index (χ1n) is 6.45. The third-order valence-corrected chi connectivity index (χ3v) is 3.79. The summed E-state index contributed by atoms with van der Waals surface area (Å²) < 4.78 is 17.7. The van der Waals surface area contributed by atoms with Crippen molar-refractivity contribution in [2.75, 3.05) is 7.11 Å². The summed E-state index contributed by atoms with van der Waals surface area (Å²) in [6.07, 6.45) is 2.87. The van der Waals surface area contributed by atoms with Gasteiger partial charge in [0.15, 0.2) is 5.78 Å². The van der Waals surface area contributed by atoms with Crippen molar-refractivity contribution in [2.45, 2.75) is 32.1 Å². The number of ketones is 1. The summed E-state index contributed by atoms with van der Waals surface area (Å²) >= 11 is 0. The Morgan fingerprint density at radius 2 is 2.00 bits per heavy atom. The number of hydrogen-bond acceptors (Lipinski definition) is 3. The summed E-state index contributed by atoms with van der Waals surface area (Å²) in [6, 6.07) is 5.91. The molecule has 4 heteroatoms. The van der Waals surface area contributed by atoms with E-state index in [0.29, 0.717) is 19.3 Å². The van der Waals surface area contributed by atoms with Crippen molar-refractivity contribution in [1.82, 2.24) is 0 Å². The largest absolute Gasteiger partial charge is 0.468 e. The number of methoxy groups -OCH3 is 1. The molecule has 0 heterocycles. The Bertz CT molecular complexity index is 471. The number of Topliss-reactive ketones (excluding diaryl/α,β-unsaturated/α-hetero) is 1. The first-order chi connectivity index (χ1) is 9.08. The molecule has 0 N–H and O–H groups in total. The lowest BCUT2D eigenvalue weighted by Gasteiger charge is -2.33. The maximum Gasteiger partial charge on any atom is 0.319 e. The number of ether oxygens (including phenoxy) is 1. The minimum absolute atomic E-state index is 0.0603. The van der Waals surface area contributed by atoms with Gasteiger partial charge in [-0.25, -0.2) is 4.39 Å². The summed E-state index contributed by atoms with van der Waals surface area (Å²) in [6.45, 7) is 0. The molecule has 102 valence electrons. The molecule has 0 saturated heterocycles. The Morgan fingerprint density at radius 1 is 1.32 bits per heavy atom. The van der Waals surface area contributed by atoms with E-state index in [9.17, 15) is 14.0 Å². The zero-order valence-electron chi connectivity index (χ0n) is 10.9. The van der Waals surface area contributed by atoms with Crippen LogP contribution in [0.2, 0.25) is 0 Å². The minimum Gasteiger partial charge on any atom is -0.468 e. The molecule has 1 saturated carbocycles. The molecule has 1 aromatic rings. The van der Waals surface area contributed by atoms with E-state index in [1.165, 1.54) is 19.2 Å². The van der Waals surface area contributed by atoms with Gasteiger partial charge in [0, 0.05) is 6.42 Å². The second kappa shape index (κ2) is 5.51. The highest BCUT2D eigenvalue weighted by Gasteiger charge is 2.47. The summed E-state index contributed by atoms with van der Waals surface area (Å²) in [5.74, 6) is -0.859. The molecule has 0 aromatic heterocycles. The van der Waals surface area contributed by atoms with Gasteiger partial charge >= 0.3 is 5.97 Å². The molecule has 2 rings (SSSR count). The van der Waals surface area contributed by atoms with Gasteiger partial charge in [0.05, 0.1) is 7.11 Å². The van der Waals surface area contributed by atoms with Gasteiger partial charge in [0.1, 0.15) is 11.2 Å². The average molecular weight is 264 g/mol. The van der Waals surface area contributed by atoms with Gasteiger partial charge in [-0.2, -0.15) is 0 Å². The van der Waals surface area contributed by atoms with Crippen molar-refractivity contribution in [2.24, 2.45) is 5.41 Å². The van der Waals surface area contributed by atoms with Gasteiger partial charge in [-0.1, -0.05) is 18.6 Å². The summed E-state index contributed by atoms with van der Waals surface area (Å²) in [7, 11) is 1.30. The van der Waals surface area contributed by atoms with E-state index < -0.39 is 11.4 Å². The molecule has 0 bridgehead atoms. The van der Waals surface area contributed by atoms with E-state index in [1.807, 2.05) is 0 Å². The van der Waals surface area contributed by atoms with Gasteiger partial charge in [-0.3, -0.25) is 9.59 Å². The zero-order chi connectivity index (χ0) is 13.9. The van der Waals surface area contributed by atoms with Crippen molar-refractivity contribution in [1.29, 1.82) is 0 Å². The Kier molecular flexibility index (Phi) is 3.98. The van der Waals surface area contributed by atoms with E-state index in [0.717, 1.165) is 18.4 Å². The van der Waals surface area contributed by atoms with Crippen LogP contribution in [0, 0.1) is 11.2 Å². The van der Waals surface area contributed by atoms with Crippen LogP contribution in [0.5, 0.6) is 0 Å². The van der Waals surface area contributed by atoms with Crippen LogP contribution in [-0.2, 0) is 20.7 Å². The Morgan fingerprint density at radius 3 is 2.58 bits per heavy atom. The second-order valence-electron chi connectivity index (χ2n) is 5.01. The van der Waals surface area contributed by atoms with Gasteiger partial charge in [-0.15, -0.1) is 0 Å². The molecule has 0 radical (unpaired) electrons. The average Bonchev–Trinajstić information content (AvgIpc) is 2.43. The van der Waals surface area contributed by atoms with Crippen LogP contribution in [0.15, 0.2) is 24.3 Å². The minimum atomic E-state index is -1.08. The second-order valence-corrected chi connectivity index (χ2v) is 5.01. The molecule has 1 unspecified atom stereocenters. The van der Waals surface area contributed by atoms with Gasteiger partial charge in [0.2, 0.25) is 0 Å². The number of carbonyl (C=O) groups excluding carboxylic acids is 2. The normalized spacial score (nSPS) is 23.2. The van der Waals surface area contributed by atoms with E-state index >= 15 is 0 Å². The summed E-state index contributed by atoms with van der Waals surface area (Å²) in [5.41, 5.74) is -0.299. The quantitative estimate of drug-likeness (QED) is 0.622. The fourth-order valence-corrected chi connectivity index (χ4v) is 2.71. The van der Waals surface area contributed by atoms with Gasteiger partial charge < -0.3 is 4.74 Å². The van der Waals surface area contributed by atoms with Crippen LogP contribution in [0.4, 0.5) is 4.39 Å². The molecule has 1 fully saturated rings. The lowest BCUT2D eigenvalue weighted by atomic mass is 9.69. The van der Waals surface area contributed by atoms with Crippen molar-refractivity contribution >= 4 is 11.8 Å². The molecule has 0 amide bonds. The number of benzene rings is 1. The highest BCUT2D eigenvalue weighted by Crippen LogP contribution is 2.37. The topological polar surface area (TPSA) is 43.4 Å². The molecule has 0 aliphatic heterocycles. The standard InChI is InChI=1S/C15H17FO3/c1-19-14(18)15(9-3-2-4-13(15)17)10-11-5-7-12(16)8-6-11/h5-8H,2-4,9-10H2,1H3. The molecule has 0 spiro atoms. The third-order valence-electron chi connectivity index (χ3n) is 3.79. The third kappa shape index (κ3) is 2.67. The predicted octanol–water partition coefficient (Wildman–Crippen LogP) is 2.67. The van der Waals surface area contributed by atoms with E-state index in [-0.39, 0.29) is 11.6 Å². The van der Waals surface area contributed by atoms with Crippen LogP contribution >= 0.6 is 0 Å². The number of halogens is 1. The molecule has 3 nitrogen and oxygen atoms in total. The number of hydrogen-bond donors (Lipinski definition) is 0. The van der Waals surface area contributed by atoms with Gasteiger partial charge in [-0.05, 0) is 37.0 Å². The summed E-state index contributed by atoms with van der Waals surface area (Å²) in [5, 5.41) is 0. The van der Waals surface area contributed by atoms with Gasteiger partial charge in [0.25, 0.3) is 0 Å². The number of esters is 1. The van der Waals surface area contributed by atoms with E-state index in [1.54, 1.807) is 12.1 Å². The lowest BCUT2D eigenvalue weighted by Crippen LogP contribution is -2.44. The molecule has 1 atom stereocenters. The van der Waals surface area contributed by atoms with Crippen molar-refractivity contribution < 1.29 is 18.7 Å². The lowest BCUT2D eigenvalue weighted by molar-refractivity contribution is -0.160. The van der Waals surface area contributed by atoms with Crippen LogP contribution in [0.3, 0.4) is 0 Å². The van der Waals surface area contributed by atoms with Crippen LogP contribution in [0.25, 0.3) is 0 Å². The molecule has 1 aliphatic carbocycles. The van der Waals surface area contributed by atoms with Crippen LogP contribution in [-0.4, -0.2) is 18.9 Å². The Labute approximate surface area is 111 Å². The maximum absolute atomic E-state index is 12.9. The fourth-order valence-electron chi connectivity index (χ4n) is 2.71. The summed E-state index contributed by atoms with van der Waals surface area (Å²) in [4.78, 5) is 24.3. The van der Waals surface area contributed by atoms with Crippen molar-refractivity contribution in [3.63, 3.8) is 0 Å². The molecule has 1 aliphatic rings. The van der Waals surface area contributed by atoms with Crippen molar-refractivity contribution in [3.05, 3.63) is 35.6 Å². The monoisotopic (exact) mass is 264 g/mol. The van der Waals surface area contributed by atoms with Crippen LogP contribution < -0.4 is 0 Å². The molecule has 19 heavy (non-hydrogen) atoms. The van der Waals surface area contributed by atoms with Crippen LogP contribution in [0.1, 0.15) is 31.2 Å². The first kappa shape index (κ1) is 13.7. The zero-order valence-corrected chi connectivity index (χ0v) is 10.9. The van der Waals surface area contributed by atoms with E-state index in [4.69, 9.17) is 4.74 Å². The SMILES string of the molecule is COC(=O)C1(Cc2ccc(F)cc2)CCCCC1=O.